The van der Waals surface area contributed by atoms with E-state index < -0.39 is 14.8 Å². The number of aryl methyl sites for hydroxylation is 2. The smallest absolute Gasteiger partial charge is 0.258 e. The second kappa shape index (κ2) is 7.43. The van der Waals surface area contributed by atoms with E-state index in [2.05, 4.69) is 32.9 Å². The van der Waals surface area contributed by atoms with Crippen molar-refractivity contribution in [3.05, 3.63) is 73.8 Å². The van der Waals surface area contributed by atoms with Crippen molar-refractivity contribution in [2.75, 3.05) is 0 Å². The molecule has 0 radical (unpaired) electrons. The Bertz CT molecular complexity index is 963. The van der Waals surface area contributed by atoms with E-state index in [1.54, 1.807) is 13.0 Å². The summed E-state index contributed by atoms with van der Waals surface area (Å²) in [6.45, 7) is 11.9. The van der Waals surface area contributed by atoms with Crippen LogP contribution in [0.1, 0.15) is 54.2 Å². The Morgan fingerprint density at radius 2 is 1.56 bits per heavy atom. The fourth-order valence-corrected chi connectivity index (χ4v) is 4.97. The third kappa shape index (κ3) is 4.95. The number of benzene rings is 2. The molecular formula is C21H27NO4S. The van der Waals surface area contributed by atoms with Gasteiger partial charge in [-0.25, -0.2) is 8.42 Å². The summed E-state index contributed by atoms with van der Waals surface area (Å²) in [4.78, 5) is 10.6. The molecule has 0 unspecified atom stereocenters. The molecule has 0 fully saturated rings. The molecule has 6 heteroatoms. The lowest BCUT2D eigenvalue weighted by Gasteiger charge is -2.22. The number of nitro groups is 1. The van der Waals surface area contributed by atoms with Gasteiger partial charge >= 0.3 is 0 Å². The number of nitrogens with zero attached hydrogens (tertiary/aromatic N) is 1. The molecule has 0 saturated carbocycles. The highest BCUT2D eigenvalue weighted by Gasteiger charge is 2.22. The van der Waals surface area contributed by atoms with E-state index in [0.29, 0.717) is 11.1 Å². The quantitative estimate of drug-likeness (QED) is 0.536. The summed E-state index contributed by atoms with van der Waals surface area (Å²) in [5.41, 5.74) is 4.73. The van der Waals surface area contributed by atoms with E-state index in [9.17, 15) is 18.5 Å². The van der Waals surface area contributed by atoms with Crippen LogP contribution in [0.2, 0.25) is 0 Å². The largest absolute Gasteiger partial charge is 0.272 e. The van der Waals surface area contributed by atoms with Gasteiger partial charge in [0.05, 0.1) is 16.4 Å². The standard InChI is InChI=1S/C21H27NO4S/c1-14-10-18(21(4,5)6)11-15(2)19(14)13-27(25,26)12-17-8-7-9-20(16(17)3)22(23)24/h7-11H,12-13H2,1-6H3. The number of nitro benzene ring substituents is 1. The lowest BCUT2D eigenvalue weighted by molar-refractivity contribution is -0.385. The fraction of sp³-hybridized carbons (Fsp3) is 0.429. The molecule has 2 rings (SSSR count). The molecule has 146 valence electrons. The van der Waals surface area contributed by atoms with Gasteiger partial charge in [-0.15, -0.1) is 0 Å². The predicted molar refractivity (Wildman–Crippen MR) is 109 cm³/mol. The van der Waals surface area contributed by atoms with Gasteiger partial charge in [-0.05, 0) is 54.0 Å². The highest BCUT2D eigenvalue weighted by molar-refractivity contribution is 7.89. The van der Waals surface area contributed by atoms with Crippen molar-refractivity contribution in [3.63, 3.8) is 0 Å². The first-order valence-electron chi connectivity index (χ1n) is 8.86. The first kappa shape index (κ1) is 21.1. The number of sulfone groups is 1. The average Bonchev–Trinajstić information content (AvgIpc) is 2.51. The topological polar surface area (TPSA) is 77.3 Å². The molecule has 0 amide bonds. The zero-order valence-electron chi connectivity index (χ0n) is 16.8. The Balaban J connectivity index is 2.36. The van der Waals surface area contributed by atoms with Crippen LogP contribution in [0.5, 0.6) is 0 Å². The van der Waals surface area contributed by atoms with Crippen molar-refractivity contribution in [2.45, 2.75) is 58.5 Å². The molecular weight excluding hydrogens is 362 g/mol. The van der Waals surface area contributed by atoms with Crippen molar-refractivity contribution >= 4 is 15.5 Å². The highest BCUT2D eigenvalue weighted by atomic mass is 32.2. The van der Waals surface area contributed by atoms with E-state index in [1.165, 1.54) is 17.7 Å². The fourth-order valence-electron chi connectivity index (χ4n) is 3.19. The first-order chi connectivity index (χ1) is 12.3. The van der Waals surface area contributed by atoms with Crippen LogP contribution in [0.3, 0.4) is 0 Å². The van der Waals surface area contributed by atoms with E-state index in [0.717, 1.165) is 16.7 Å². The SMILES string of the molecule is Cc1cc(C(C)(C)C)cc(C)c1CS(=O)(=O)Cc1cccc([N+](=O)[O-])c1C. The number of rotatable bonds is 5. The van der Waals surface area contributed by atoms with E-state index >= 15 is 0 Å². The maximum Gasteiger partial charge on any atom is 0.272 e. The molecule has 0 atom stereocenters. The molecule has 0 bridgehead atoms. The Morgan fingerprint density at radius 1 is 1.00 bits per heavy atom. The predicted octanol–water partition coefficient (Wildman–Crippen LogP) is 4.93. The van der Waals surface area contributed by atoms with Crippen LogP contribution in [-0.4, -0.2) is 13.3 Å². The van der Waals surface area contributed by atoms with Gasteiger partial charge in [0.15, 0.2) is 9.84 Å². The molecule has 0 aromatic heterocycles. The van der Waals surface area contributed by atoms with Gasteiger partial charge in [-0.1, -0.05) is 45.0 Å². The van der Waals surface area contributed by atoms with Gasteiger partial charge in [-0.2, -0.15) is 0 Å². The van der Waals surface area contributed by atoms with Gasteiger partial charge in [0.1, 0.15) is 0 Å². The maximum absolute atomic E-state index is 12.8. The summed E-state index contributed by atoms with van der Waals surface area (Å²) in [6.07, 6.45) is 0. The molecule has 5 nitrogen and oxygen atoms in total. The number of hydrogen-bond donors (Lipinski definition) is 0. The minimum absolute atomic E-state index is 0.00693. The third-order valence-corrected chi connectivity index (χ3v) is 6.40. The minimum Gasteiger partial charge on any atom is -0.258 e. The molecule has 0 N–H and O–H groups in total. The van der Waals surface area contributed by atoms with Crippen LogP contribution in [0.25, 0.3) is 0 Å². The molecule has 0 aliphatic carbocycles. The molecule has 0 spiro atoms. The zero-order valence-corrected chi connectivity index (χ0v) is 17.6. The Morgan fingerprint density at radius 3 is 2.04 bits per heavy atom. The Labute approximate surface area is 161 Å². The molecule has 0 heterocycles. The Hall–Kier alpha value is -2.21. The van der Waals surface area contributed by atoms with Crippen LogP contribution in [0.4, 0.5) is 5.69 Å². The van der Waals surface area contributed by atoms with Gasteiger partial charge in [-0.3, -0.25) is 10.1 Å². The van der Waals surface area contributed by atoms with Crippen LogP contribution in [-0.2, 0) is 26.8 Å². The first-order valence-corrected chi connectivity index (χ1v) is 10.7. The lowest BCUT2D eigenvalue weighted by atomic mass is 9.84. The van der Waals surface area contributed by atoms with Crippen molar-refractivity contribution in [1.29, 1.82) is 0 Å². The van der Waals surface area contributed by atoms with Gasteiger partial charge in [0, 0.05) is 11.6 Å². The van der Waals surface area contributed by atoms with Crippen molar-refractivity contribution in [1.82, 2.24) is 0 Å². The summed E-state index contributed by atoms with van der Waals surface area (Å²) < 4.78 is 25.6. The molecule has 0 aliphatic rings. The lowest BCUT2D eigenvalue weighted by Crippen LogP contribution is -2.15. The second-order valence-corrected chi connectivity index (χ2v) is 10.3. The number of hydrogen-bond acceptors (Lipinski definition) is 4. The van der Waals surface area contributed by atoms with Crippen molar-refractivity contribution in [2.24, 2.45) is 0 Å². The molecule has 0 aliphatic heterocycles. The highest BCUT2D eigenvalue weighted by Crippen LogP contribution is 2.29. The Kier molecular flexibility index (Phi) is 5.80. The normalized spacial score (nSPS) is 12.2. The average molecular weight is 390 g/mol. The second-order valence-electron chi connectivity index (χ2n) is 8.19. The third-order valence-electron chi connectivity index (χ3n) is 4.92. The van der Waals surface area contributed by atoms with E-state index in [-0.39, 0.29) is 22.6 Å². The summed E-state index contributed by atoms with van der Waals surface area (Å²) in [6, 6.07) is 8.67. The maximum atomic E-state index is 12.8. The summed E-state index contributed by atoms with van der Waals surface area (Å²) in [5, 5.41) is 11.1. The van der Waals surface area contributed by atoms with Crippen LogP contribution >= 0.6 is 0 Å². The zero-order chi connectivity index (χ0) is 20.6. The molecule has 0 saturated heterocycles. The van der Waals surface area contributed by atoms with E-state index in [4.69, 9.17) is 0 Å². The van der Waals surface area contributed by atoms with Gasteiger partial charge < -0.3 is 0 Å². The summed E-state index contributed by atoms with van der Waals surface area (Å²) in [7, 11) is -3.47. The van der Waals surface area contributed by atoms with Crippen LogP contribution in [0.15, 0.2) is 30.3 Å². The van der Waals surface area contributed by atoms with E-state index in [1.807, 2.05) is 13.8 Å². The van der Waals surface area contributed by atoms with Crippen molar-refractivity contribution in [3.8, 4) is 0 Å². The summed E-state index contributed by atoms with van der Waals surface area (Å²) in [5.74, 6) is -0.280. The van der Waals surface area contributed by atoms with Crippen LogP contribution < -0.4 is 0 Å². The monoisotopic (exact) mass is 389 g/mol. The van der Waals surface area contributed by atoms with Gasteiger partial charge in [0.25, 0.3) is 5.69 Å². The van der Waals surface area contributed by atoms with Crippen molar-refractivity contribution < 1.29 is 13.3 Å². The molecule has 2 aromatic rings. The van der Waals surface area contributed by atoms with Crippen LogP contribution in [0, 0.1) is 30.9 Å². The summed E-state index contributed by atoms with van der Waals surface area (Å²) >= 11 is 0. The molecule has 27 heavy (non-hydrogen) atoms. The minimum atomic E-state index is -3.47. The molecule has 2 aromatic carbocycles. The van der Waals surface area contributed by atoms with Gasteiger partial charge in [0.2, 0.25) is 0 Å².